The SMILES string of the molecule is CCN1CCC[C@H]1CN(Cc1ccccc1)Cc1cc(C(c2ccccc2)(c2ccccc2)c2ccccc2)cc(C(c2ccccc2)(c2ccccc2)c2ccccc2)c1O. The molecule has 0 radical (unpaired) electrons. The zero-order valence-corrected chi connectivity index (χ0v) is 35.7. The predicted molar refractivity (Wildman–Crippen MR) is 256 cm³/mol. The first-order valence-corrected chi connectivity index (χ1v) is 22.3. The molecule has 9 rings (SSSR count). The molecule has 1 N–H and O–H groups in total. The largest absolute Gasteiger partial charge is 0.507 e. The van der Waals surface area contributed by atoms with E-state index in [4.69, 9.17) is 0 Å². The van der Waals surface area contributed by atoms with Gasteiger partial charge in [0.05, 0.1) is 10.8 Å². The summed E-state index contributed by atoms with van der Waals surface area (Å²) in [5.74, 6) is 0.324. The Morgan fingerprint density at radius 2 is 0.871 bits per heavy atom. The Kier molecular flexibility index (Phi) is 12.3. The van der Waals surface area contributed by atoms with E-state index in [1.165, 1.54) is 18.4 Å². The van der Waals surface area contributed by atoms with Crippen molar-refractivity contribution in [2.24, 2.45) is 0 Å². The number of hydrogen-bond donors (Lipinski definition) is 1. The fourth-order valence-corrected chi connectivity index (χ4v) is 10.5. The zero-order valence-electron chi connectivity index (χ0n) is 35.7. The molecule has 0 aliphatic carbocycles. The minimum Gasteiger partial charge on any atom is -0.507 e. The highest BCUT2D eigenvalue weighted by molar-refractivity contribution is 5.69. The third-order valence-corrected chi connectivity index (χ3v) is 13.3. The highest BCUT2D eigenvalue weighted by Gasteiger charge is 2.45. The van der Waals surface area contributed by atoms with Crippen LogP contribution < -0.4 is 0 Å². The maximum atomic E-state index is 13.5. The minimum atomic E-state index is -0.886. The van der Waals surface area contributed by atoms with Crippen LogP contribution >= 0.6 is 0 Å². The summed E-state index contributed by atoms with van der Waals surface area (Å²) < 4.78 is 0. The van der Waals surface area contributed by atoms with E-state index >= 15 is 0 Å². The van der Waals surface area contributed by atoms with Crippen molar-refractivity contribution in [2.45, 2.75) is 49.7 Å². The highest BCUT2D eigenvalue weighted by Crippen LogP contribution is 2.53. The lowest BCUT2D eigenvalue weighted by Gasteiger charge is -2.41. The van der Waals surface area contributed by atoms with Crippen molar-refractivity contribution < 1.29 is 5.11 Å². The number of likely N-dealkylation sites (N-methyl/N-ethyl adjacent to an activating group) is 1. The van der Waals surface area contributed by atoms with Crippen LogP contribution in [0.2, 0.25) is 0 Å². The molecule has 8 aromatic rings. The number of phenolic OH excluding ortho intramolecular Hbond substituents is 1. The van der Waals surface area contributed by atoms with Crippen molar-refractivity contribution >= 4 is 0 Å². The van der Waals surface area contributed by atoms with E-state index in [0.717, 1.165) is 76.3 Å². The van der Waals surface area contributed by atoms with Gasteiger partial charge in [-0.1, -0.05) is 219 Å². The molecule has 1 heterocycles. The molecule has 8 aromatic carbocycles. The standard InChI is InChI=1S/C59H56N2O/c1-2-61-40-24-39-55(61)45-60(43-46-25-10-3-11-26-46)44-47-41-54(58(48-27-12-4-13-28-48,49-29-14-5-15-30-49)50-31-16-6-17-32-50)42-56(57(47)62)59(51-33-18-7-19-34-51,52-35-20-8-21-36-52)53-37-22-9-23-38-53/h3-23,25-38,41-42,55,62H,2,24,39-40,43-45H2,1H3/t55-/m0/s1. The number of likely N-dealkylation sites (tertiary alicyclic amines) is 1. The van der Waals surface area contributed by atoms with Crippen LogP contribution in [0.4, 0.5) is 0 Å². The Labute approximate surface area is 368 Å². The van der Waals surface area contributed by atoms with Crippen molar-refractivity contribution in [3.63, 3.8) is 0 Å². The summed E-state index contributed by atoms with van der Waals surface area (Å²) >= 11 is 0. The Balaban J connectivity index is 1.40. The highest BCUT2D eigenvalue weighted by atomic mass is 16.3. The predicted octanol–water partition coefficient (Wildman–Crippen LogP) is 12.6. The summed E-state index contributed by atoms with van der Waals surface area (Å²) in [4.78, 5) is 5.22. The van der Waals surface area contributed by atoms with Gasteiger partial charge in [0, 0.05) is 36.8 Å². The van der Waals surface area contributed by atoms with Gasteiger partial charge in [-0.05, 0) is 82.6 Å². The molecule has 1 atom stereocenters. The number of hydrogen-bond acceptors (Lipinski definition) is 3. The number of benzene rings is 8. The van der Waals surface area contributed by atoms with Crippen LogP contribution in [0.5, 0.6) is 5.75 Å². The smallest absolute Gasteiger partial charge is 0.124 e. The molecule has 0 aromatic heterocycles. The van der Waals surface area contributed by atoms with Gasteiger partial charge in [0.25, 0.3) is 0 Å². The van der Waals surface area contributed by atoms with Crippen LogP contribution in [0.3, 0.4) is 0 Å². The lowest BCUT2D eigenvalue weighted by atomic mass is 9.61. The van der Waals surface area contributed by atoms with Crippen LogP contribution in [0.25, 0.3) is 0 Å². The van der Waals surface area contributed by atoms with E-state index in [1.807, 2.05) is 0 Å². The second kappa shape index (κ2) is 18.6. The third-order valence-electron chi connectivity index (χ3n) is 13.3. The van der Waals surface area contributed by atoms with E-state index in [1.54, 1.807) is 0 Å². The first kappa shape index (κ1) is 40.9. The van der Waals surface area contributed by atoms with Gasteiger partial charge < -0.3 is 5.11 Å². The lowest BCUT2D eigenvalue weighted by Crippen LogP contribution is -2.40. The normalized spacial score (nSPS) is 14.6. The second-order valence-electron chi connectivity index (χ2n) is 16.8. The van der Waals surface area contributed by atoms with Gasteiger partial charge in [-0.15, -0.1) is 0 Å². The van der Waals surface area contributed by atoms with E-state index < -0.39 is 10.8 Å². The quantitative estimate of drug-likeness (QED) is 0.105. The monoisotopic (exact) mass is 808 g/mol. The number of rotatable bonds is 15. The van der Waals surface area contributed by atoms with Crippen LogP contribution in [0, 0.1) is 0 Å². The molecule has 62 heavy (non-hydrogen) atoms. The van der Waals surface area contributed by atoms with E-state index in [9.17, 15) is 5.11 Å². The van der Waals surface area contributed by atoms with Gasteiger partial charge >= 0.3 is 0 Å². The average molecular weight is 809 g/mol. The number of nitrogens with zero attached hydrogens (tertiary/aromatic N) is 2. The fraction of sp³-hybridized carbons (Fsp3) is 0.186. The minimum absolute atomic E-state index is 0.324. The third kappa shape index (κ3) is 7.79. The molecule has 1 aliphatic rings. The van der Waals surface area contributed by atoms with Crippen molar-refractivity contribution in [3.05, 3.63) is 280 Å². The van der Waals surface area contributed by atoms with E-state index in [0.29, 0.717) is 18.3 Å². The zero-order chi connectivity index (χ0) is 42.2. The van der Waals surface area contributed by atoms with Crippen molar-refractivity contribution in [1.29, 1.82) is 0 Å². The first-order valence-electron chi connectivity index (χ1n) is 22.3. The molecular weight excluding hydrogens is 753 g/mol. The number of phenols is 1. The molecule has 0 bridgehead atoms. The Morgan fingerprint density at radius 1 is 0.484 bits per heavy atom. The van der Waals surface area contributed by atoms with Crippen LogP contribution in [-0.2, 0) is 23.9 Å². The Hall–Kier alpha value is -6.52. The molecule has 1 aliphatic heterocycles. The molecular formula is C59H56N2O. The Morgan fingerprint density at radius 3 is 1.27 bits per heavy atom. The molecule has 0 spiro atoms. The van der Waals surface area contributed by atoms with Gasteiger partial charge in [0.15, 0.2) is 0 Å². The summed E-state index contributed by atoms with van der Waals surface area (Å²) in [6.07, 6.45) is 2.39. The van der Waals surface area contributed by atoms with Crippen LogP contribution in [-0.4, -0.2) is 40.6 Å². The van der Waals surface area contributed by atoms with Gasteiger partial charge in [-0.2, -0.15) is 0 Å². The summed E-state index contributed by atoms with van der Waals surface area (Å²) in [6, 6.07) is 81.2. The summed E-state index contributed by atoms with van der Waals surface area (Å²) in [6.45, 7) is 6.70. The summed E-state index contributed by atoms with van der Waals surface area (Å²) in [7, 11) is 0. The molecule has 308 valence electrons. The second-order valence-corrected chi connectivity index (χ2v) is 16.8. The van der Waals surface area contributed by atoms with E-state index in [2.05, 4.69) is 241 Å². The molecule has 0 amide bonds. The number of aromatic hydroxyl groups is 1. The Bertz CT molecular complexity index is 2430. The van der Waals surface area contributed by atoms with Crippen molar-refractivity contribution in [2.75, 3.05) is 19.6 Å². The lowest BCUT2D eigenvalue weighted by molar-refractivity contribution is 0.165. The topological polar surface area (TPSA) is 26.7 Å². The van der Waals surface area contributed by atoms with Gasteiger partial charge in [0.1, 0.15) is 5.75 Å². The maximum Gasteiger partial charge on any atom is 0.124 e. The van der Waals surface area contributed by atoms with E-state index in [-0.39, 0.29) is 0 Å². The first-order chi connectivity index (χ1) is 30.6. The summed E-state index contributed by atoms with van der Waals surface area (Å²) in [5, 5.41) is 13.5. The molecule has 1 saturated heterocycles. The van der Waals surface area contributed by atoms with Gasteiger partial charge in [0.2, 0.25) is 0 Å². The molecule has 3 nitrogen and oxygen atoms in total. The molecule has 0 unspecified atom stereocenters. The van der Waals surface area contributed by atoms with Crippen LogP contribution in [0.15, 0.2) is 224 Å². The maximum absolute atomic E-state index is 13.5. The molecule has 3 heteroatoms. The van der Waals surface area contributed by atoms with Crippen molar-refractivity contribution in [1.82, 2.24) is 9.80 Å². The van der Waals surface area contributed by atoms with Gasteiger partial charge in [-0.3, -0.25) is 9.80 Å². The van der Waals surface area contributed by atoms with Crippen molar-refractivity contribution in [3.8, 4) is 5.75 Å². The van der Waals surface area contributed by atoms with Gasteiger partial charge in [-0.25, -0.2) is 0 Å². The molecule has 1 fully saturated rings. The van der Waals surface area contributed by atoms with Crippen LogP contribution in [0.1, 0.15) is 75.4 Å². The fourth-order valence-electron chi connectivity index (χ4n) is 10.5. The average Bonchev–Trinajstić information content (AvgIpc) is 3.80. The molecule has 0 saturated carbocycles. The summed E-state index contributed by atoms with van der Waals surface area (Å²) in [5.41, 5.74) is 9.26.